The lowest BCUT2D eigenvalue weighted by Gasteiger charge is -2.23. The number of H-pyrrole nitrogens is 1. The van der Waals surface area contributed by atoms with Crippen molar-refractivity contribution in [3.63, 3.8) is 0 Å². The number of fused-ring (bicyclic) bond motifs is 3. The van der Waals surface area contributed by atoms with Crippen molar-refractivity contribution in [2.75, 3.05) is 6.54 Å². The van der Waals surface area contributed by atoms with Crippen molar-refractivity contribution in [3.05, 3.63) is 81.6 Å². The summed E-state index contributed by atoms with van der Waals surface area (Å²) in [5, 5.41) is 4.29. The SMILES string of the molecule is O=c1[nH]c2cc(CC3C=C(c4ccc(Cl)cc4)CCN3)cnc2n2cncc12. The standard InChI is InChI=1S/C21H18ClN5O/c22-16-3-1-14(2-4-16)15-5-6-24-17(9-15)7-13-8-18-20(25-10-13)27-12-23-11-19(27)21(28)26-18/h1-4,8-12,17,24H,5-7H2,(H,26,28). The van der Waals surface area contributed by atoms with Crippen LogP contribution in [-0.4, -0.2) is 31.9 Å². The van der Waals surface area contributed by atoms with E-state index in [1.807, 2.05) is 24.4 Å². The van der Waals surface area contributed by atoms with Gasteiger partial charge >= 0.3 is 0 Å². The van der Waals surface area contributed by atoms with Gasteiger partial charge in [0.05, 0.1) is 11.7 Å². The predicted octanol–water partition coefficient (Wildman–Crippen LogP) is 3.21. The maximum absolute atomic E-state index is 12.2. The molecule has 1 aliphatic heterocycles. The number of halogens is 1. The molecule has 0 amide bonds. The van der Waals surface area contributed by atoms with Gasteiger partial charge in [-0.3, -0.25) is 9.20 Å². The van der Waals surface area contributed by atoms with E-state index >= 15 is 0 Å². The van der Waals surface area contributed by atoms with Gasteiger partial charge in [-0.1, -0.05) is 29.8 Å². The molecule has 5 rings (SSSR count). The lowest BCUT2D eigenvalue weighted by atomic mass is 9.94. The quantitative estimate of drug-likeness (QED) is 0.562. The van der Waals surface area contributed by atoms with Crippen LogP contribution < -0.4 is 10.9 Å². The van der Waals surface area contributed by atoms with Gasteiger partial charge < -0.3 is 10.3 Å². The fourth-order valence-electron chi connectivity index (χ4n) is 3.78. The second kappa shape index (κ2) is 6.89. The summed E-state index contributed by atoms with van der Waals surface area (Å²) in [6, 6.07) is 10.2. The molecule has 3 aromatic heterocycles. The first-order valence-corrected chi connectivity index (χ1v) is 9.58. The Morgan fingerprint density at radius 3 is 2.93 bits per heavy atom. The number of nitrogens with one attached hydrogen (secondary N) is 2. The maximum Gasteiger partial charge on any atom is 0.274 e. The Hall–Kier alpha value is -2.96. The number of aromatic amines is 1. The van der Waals surface area contributed by atoms with Crippen LogP contribution in [0.4, 0.5) is 0 Å². The molecule has 0 saturated heterocycles. The van der Waals surface area contributed by atoms with Gasteiger partial charge in [0.1, 0.15) is 11.8 Å². The zero-order valence-electron chi connectivity index (χ0n) is 15.0. The first kappa shape index (κ1) is 17.2. The van der Waals surface area contributed by atoms with E-state index in [1.54, 1.807) is 16.9 Å². The van der Waals surface area contributed by atoms with E-state index in [9.17, 15) is 4.79 Å². The summed E-state index contributed by atoms with van der Waals surface area (Å²) in [5.41, 5.74) is 5.34. The molecule has 0 fully saturated rings. The molecule has 0 saturated carbocycles. The lowest BCUT2D eigenvalue weighted by Crippen LogP contribution is -2.33. The maximum atomic E-state index is 12.2. The molecule has 4 aromatic rings. The van der Waals surface area contributed by atoms with Crippen LogP contribution in [0.25, 0.3) is 22.3 Å². The number of nitrogens with zero attached hydrogens (tertiary/aromatic N) is 3. The van der Waals surface area contributed by atoms with Crippen LogP contribution in [0.5, 0.6) is 0 Å². The van der Waals surface area contributed by atoms with Crippen LogP contribution in [0, 0.1) is 0 Å². The first-order chi connectivity index (χ1) is 13.7. The predicted molar refractivity (Wildman–Crippen MR) is 111 cm³/mol. The van der Waals surface area contributed by atoms with Crippen molar-refractivity contribution >= 4 is 33.9 Å². The fraction of sp³-hybridized carbons (Fsp3) is 0.190. The molecule has 0 bridgehead atoms. The molecule has 1 unspecified atom stereocenters. The Kier molecular flexibility index (Phi) is 4.22. The molecule has 6 nitrogen and oxygen atoms in total. The van der Waals surface area contributed by atoms with Gasteiger partial charge in [-0.05, 0) is 54.3 Å². The molecule has 7 heteroatoms. The molecule has 0 radical (unpaired) electrons. The normalized spacial score (nSPS) is 17.2. The minimum absolute atomic E-state index is 0.162. The number of rotatable bonds is 3. The zero-order chi connectivity index (χ0) is 19.1. The van der Waals surface area contributed by atoms with Crippen molar-refractivity contribution in [2.45, 2.75) is 18.9 Å². The van der Waals surface area contributed by atoms with Gasteiger partial charge in [-0.15, -0.1) is 0 Å². The van der Waals surface area contributed by atoms with Crippen molar-refractivity contribution in [2.24, 2.45) is 0 Å². The molecule has 4 heterocycles. The Bertz CT molecular complexity index is 1260. The Morgan fingerprint density at radius 1 is 1.21 bits per heavy atom. The van der Waals surface area contributed by atoms with Crippen LogP contribution in [0.15, 0.2) is 59.9 Å². The smallest absolute Gasteiger partial charge is 0.274 e. The zero-order valence-corrected chi connectivity index (χ0v) is 15.8. The number of hydrogen-bond acceptors (Lipinski definition) is 4. The molecule has 0 spiro atoms. The van der Waals surface area contributed by atoms with E-state index in [2.05, 4.69) is 38.5 Å². The highest BCUT2D eigenvalue weighted by Crippen LogP contribution is 2.24. The van der Waals surface area contributed by atoms with Gasteiger partial charge in [-0.25, -0.2) is 9.97 Å². The lowest BCUT2D eigenvalue weighted by molar-refractivity contribution is 0.579. The number of benzene rings is 1. The van der Waals surface area contributed by atoms with Gasteiger partial charge in [0.25, 0.3) is 5.56 Å². The van der Waals surface area contributed by atoms with E-state index in [0.717, 1.165) is 30.0 Å². The van der Waals surface area contributed by atoms with Gasteiger partial charge in [0.2, 0.25) is 0 Å². The van der Waals surface area contributed by atoms with Crippen molar-refractivity contribution in [1.29, 1.82) is 0 Å². The first-order valence-electron chi connectivity index (χ1n) is 9.20. The monoisotopic (exact) mass is 391 g/mol. The summed E-state index contributed by atoms with van der Waals surface area (Å²) in [4.78, 5) is 23.7. The molecule has 2 N–H and O–H groups in total. The topological polar surface area (TPSA) is 75.1 Å². The second-order valence-electron chi connectivity index (χ2n) is 7.03. The van der Waals surface area contributed by atoms with Gasteiger partial charge in [-0.2, -0.15) is 0 Å². The van der Waals surface area contributed by atoms with Crippen LogP contribution in [0.2, 0.25) is 5.02 Å². The summed E-state index contributed by atoms with van der Waals surface area (Å²) >= 11 is 6.00. The summed E-state index contributed by atoms with van der Waals surface area (Å²) in [5.74, 6) is 0. The molecule has 0 aliphatic carbocycles. The van der Waals surface area contributed by atoms with Crippen molar-refractivity contribution in [1.82, 2.24) is 24.7 Å². The number of aromatic nitrogens is 4. The molecular formula is C21H18ClN5O. The molecular weight excluding hydrogens is 374 g/mol. The second-order valence-corrected chi connectivity index (χ2v) is 7.47. The van der Waals surface area contributed by atoms with Crippen LogP contribution in [-0.2, 0) is 6.42 Å². The summed E-state index contributed by atoms with van der Waals surface area (Å²) in [6.45, 7) is 0.923. The average Bonchev–Trinajstić information content (AvgIpc) is 3.19. The molecule has 28 heavy (non-hydrogen) atoms. The van der Waals surface area contributed by atoms with Gasteiger partial charge in [0, 0.05) is 17.3 Å². The van der Waals surface area contributed by atoms with E-state index in [-0.39, 0.29) is 11.6 Å². The molecule has 1 aliphatic rings. The number of imidazole rings is 1. The Balaban J connectivity index is 1.45. The van der Waals surface area contributed by atoms with Crippen LogP contribution in [0.3, 0.4) is 0 Å². The Morgan fingerprint density at radius 2 is 2.07 bits per heavy atom. The minimum atomic E-state index is -0.162. The Labute approximate surface area is 165 Å². The van der Waals surface area contributed by atoms with Crippen LogP contribution in [0.1, 0.15) is 17.5 Å². The van der Waals surface area contributed by atoms with E-state index < -0.39 is 0 Å². The van der Waals surface area contributed by atoms with Crippen molar-refractivity contribution in [3.8, 4) is 0 Å². The van der Waals surface area contributed by atoms with E-state index in [4.69, 9.17) is 11.6 Å². The van der Waals surface area contributed by atoms with Crippen molar-refractivity contribution < 1.29 is 0 Å². The third-order valence-electron chi connectivity index (χ3n) is 5.14. The summed E-state index contributed by atoms with van der Waals surface area (Å²) in [7, 11) is 0. The van der Waals surface area contributed by atoms with E-state index in [1.165, 1.54) is 11.1 Å². The minimum Gasteiger partial charge on any atom is -0.317 e. The van der Waals surface area contributed by atoms with Gasteiger partial charge in [0.15, 0.2) is 5.65 Å². The number of hydrogen-bond donors (Lipinski definition) is 2. The summed E-state index contributed by atoms with van der Waals surface area (Å²) < 4.78 is 1.72. The molecule has 140 valence electrons. The highest BCUT2D eigenvalue weighted by atomic mass is 35.5. The fourth-order valence-corrected chi connectivity index (χ4v) is 3.91. The summed E-state index contributed by atoms with van der Waals surface area (Å²) in [6.07, 6.45) is 9.08. The molecule has 1 aromatic carbocycles. The van der Waals surface area contributed by atoms with Crippen LogP contribution >= 0.6 is 11.6 Å². The highest BCUT2D eigenvalue weighted by Gasteiger charge is 2.16. The third kappa shape index (κ3) is 3.10. The third-order valence-corrected chi connectivity index (χ3v) is 5.40. The van der Waals surface area contributed by atoms with E-state index in [0.29, 0.717) is 16.7 Å². The number of pyridine rings is 1. The average molecular weight is 392 g/mol. The molecule has 1 atom stereocenters. The highest BCUT2D eigenvalue weighted by molar-refractivity contribution is 6.30. The largest absolute Gasteiger partial charge is 0.317 e.